The molecule has 3 aromatic rings. The molecule has 1 N–H and O–H groups in total. The lowest BCUT2D eigenvalue weighted by Crippen LogP contribution is -2.16. The summed E-state index contributed by atoms with van der Waals surface area (Å²) >= 11 is 3.29. The number of phenols is 1. The highest BCUT2D eigenvalue weighted by Gasteiger charge is 2.14. The summed E-state index contributed by atoms with van der Waals surface area (Å²) in [7, 11) is 0. The van der Waals surface area contributed by atoms with Crippen molar-refractivity contribution in [3.8, 4) is 5.75 Å². The van der Waals surface area contributed by atoms with Crippen molar-refractivity contribution in [3.05, 3.63) is 74.2 Å². The second kappa shape index (κ2) is 6.45. The van der Waals surface area contributed by atoms with Gasteiger partial charge in [0.25, 0.3) is 5.56 Å². The van der Waals surface area contributed by atoms with Crippen LogP contribution < -0.4 is 5.56 Å². The van der Waals surface area contributed by atoms with Gasteiger partial charge >= 0.3 is 5.97 Å². The lowest BCUT2D eigenvalue weighted by Gasteiger charge is -2.08. The van der Waals surface area contributed by atoms with Crippen LogP contribution in [0.4, 0.5) is 0 Å². The van der Waals surface area contributed by atoms with Crippen LogP contribution in [0.2, 0.25) is 0 Å². The van der Waals surface area contributed by atoms with Crippen LogP contribution in [0.15, 0.2) is 51.9 Å². The second-order valence-electron chi connectivity index (χ2n) is 5.26. The van der Waals surface area contributed by atoms with E-state index in [0.29, 0.717) is 11.3 Å². The van der Waals surface area contributed by atoms with Crippen molar-refractivity contribution in [1.82, 2.24) is 9.38 Å². The molecule has 0 bridgehead atoms. The third kappa shape index (κ3) is 3.30. The average Bonchev–Trinajstić information content (AvgIpc) is 2.55. The molecular formula is C17H13BrN2O4. The number of fused-ring (bicyclic) bond motifs is 1. The first kappa shape index (κ1) is 16.2. The number of hydrogen-bond donors (Lipinski definition) is 1. The zero-order valence-corrected chi connectivity index (χ0v) is 14.3. The molecular weight excluding hydrogens is 376 g/mol. The minimum absolute atomic E-state index is 0.0800. The molecule has 0 spiro atoms. The number of hydrogen-bond acceptors (Lipinski definition) is 5. The van der Waals surface area contributed by atoms with E-state index in [9.17, 15) is 14.7 Å². The van der Waals surface area contributed by atoms with Crippen molar-refractivity contribution in [2.45, 2.75) is 13.5 Å². The molecule has 7 heteroatoms. The minimum Gasteiger partial charge on any atom is -0.507 e. The van der Waals surface area contributed by atoms with E-state index in [-0.39, 0.29) is 23.5 Å². The van der Waals surface area contributed by atoms with Gasteiger partial charge in [0, 0.05) is 16.7 Å². The van der Waals surface area contributed by atoms with E-state index in [1.165, 1.54) is 22.6 Å². The van der Waals surface area contributed by atoms with Gasteiger partial charge in [-0.15, -0.1) is 0 Å². The molecule has 0 radical (unpaired) electrons. The number of esters is 1. The molecule has 24 heavy (non-hydrogen) atoms. The highest BCUT2D eigenvalue weighted by Crippen LogP contribution is 2.19. The van der Waals surface area contributed by atoms with E-state index in [2.05, 4.69) is 20.9 Å². The summed E-state index contributed by atoms with van der Waals surface area (Å²) in [4.78, 5) is 28.5. The van der Waals surface area contributed by atoms with Crippen molar-refractivity contribution in [2.75, 3.05) is 0 Å². The van der Waals surface area contributed by atoms with Crippen molar-refractivity contribution in [2.24, 2.45) is 0 Å². The maximum atomic E-state index is 12.1. The number of phenolic OH excluding ortho intramolecular Hbond substituents is 1. The van der Waals surface area contributed by atoms with Gasteiger partial charge in [-0.1, -0.05) is 11.6 Å². The fourth-order valence-electron chi connectivity index (χ4n) is 2.23. The summed E-state index contributed by atoms with van der Waals surface area (Å²) in [6, 6.07) is 9.42. The van der Waals surface area contributed by atoms with Crippen molar-refractivity contribution < 1.29 is 14.6 Å². The smallest absolute Gasteiger partial charge is 0.342 e. The van der Waals surface area contributed by atoms with Crippen LogP contribution in [0.25, 0.3) is 5.65 Å². The molecule has 0 atom stereocenters. The molecule has 2 aromatic heterocycles. The number of aromatic nitrogens is 2. The van der Waals surface area contributed by atoms with Crippen molar-refractivity contribution >= 4 is 27.5 Å². The number of rotatable bonds is 3. The minimum atomic E-state index is -0.672. The van der Waals surface area contributed by atoms with Gasteiger partial charge in [-0.2, -0.15) is 0 Å². The number of ether oxygens (including phenoxy) is 1. The summed E-state index contributed by atoms with van der Waals surface area (Å²) in [5, 5.41) is 9.74. The van der Waals surface area contributed by atoms with E-state index in [4.69, 9.17) is 4.74 Å². The predicted octanol–water partition coefficient (Wildman–Crippen LogP) is 2.83. The van der Waals surface area contributed by atoms with Crippen LogP contribution in [0.5, 0.6) is 5.75 Å². The maximum Gasteiger partial charge on any atom is 0.342 e. The lowest BCUT2D eigenvalue weighted by atomic mass is 10.1. The summed E-state index contributed by atoms with van der Waals surface area (Å²) in [5.74, 6) is -0.823. The number of benzene rings is 1. The molecule has 2 heterocycles. The second-order valence-corrected chi connectivity index (χ2v) is 6.17. The first-order chi connectivity index (χ1) is 11.4. The Balaban J connectivity index is 1.83. The van der Waals surface area contributed by atoms with E-state index in [0.717, 1.165) is 10.0 Å². The Morgan fingerprint density at radius 3 is 2.88 bits per heavy atom. The monoisotopic (exact) mass is 388 g/mol. The van der Waals surface area contributed by atoms with Crippen LogP contribution in [-0.4, -0.2) is 20.5 Å². The molecule has 0 aliphatic heterocycles. The third-order valence-corrected chi connectivity index (χ3v) is 3.87. The van der Waals surface area contributed by atoms with Gasteiger partial charge in [-0.3, -0.25) is 9.20 Å². The molecule has 0 unspecified atom stereocenters. The SMILES string of the molecule is Cc1ccc(O)c(C(=O)OCc2cc(=O)n3cc(Br)ccc3n2)c1. The highest BCUT2D eigenvalue weighted by molar-refractivity contribution is 9.10. The standard InChI is InChI=1S/C17H13BrN2O4/c1-10-2-4-14(21)13(6-10)17(23)24-9-12-7-16(22)20-8-11(18)3-5-15(20)19-12/h2-8,21H,9H2,1H3. The normalized spacial score (nSPS) is 10.8. The summed E-state index contributed by atoms with van der Waals surface area (Å²) < 4.78 is 7.31. The molecule has 3 rings (SSSR count). The Morgan fingerprint density at radius 2 is 2.08 bits per heavy atom. The molecule has 1 aromatic carbocycles. The van der Waals surface area contributed by atoms with Gasteiger partial charge in [-0.05, 0) is 47.1 Å². The Kier molecular flexibility index (Phi) is 4.35. The molecule has 0 amide bonds. The van der Waals surface area contributed by atoms with E-state index >= 15 is 0 Å². The summed E-state index contributed by atoms with van der Waals surface area (Å²) in [5.41, 5.74) is 1.42. The predicted molar refractivity (Wildman–Crippen MR) is 91.1 cm³/mol. The number of carbonyl (C=O) groups excluding carboxylic acids is 1. The van der Waals surface area contributed by atoms with Crippen molar-refractivity contribution in [1.29, 1.82) is 0 Å². The summed E-state index contributed by atoms with van der Waals surface area (Å²) in [6.45, 7) is 1.65. The number of carbonyl (C=O) groups is 1. The Bertz CT molecular complexity index is 998. The lowest BCUT2D eigenvalue weighted by molar-refractivity contribution is 0.0464. The molecule has 0 fully saturated rings. The van der Waals surface area contributed by atoms with E-state index in [1.54, 1.807) is 31.3 Å². The van der Waals surface area contributed by atoms with Crippen LogP contribution in [0.1, 0.15) is 21.6 Å². The molecule has 122 valence electrons. The maximum absolute atomic E-state index is 12.1. The third-order valence-electron chi connectivity index (χ3n) is 3.40. The molecule has 0 saturated carbocycles. The van der Waals surface area contributed by atoms with Gasteiger partial charge in [0.05, 0.1) is 5.69 Å². The van der Waals surface area contributed by atoms with Gasteiger partial charge in [-0.25, -0.2) is 9.78 Å². The van der Waals surface area contributed by atoms with Crippen LogP contribution in [0.3, 0.4) is 0 Å². The van der Waals surface area contributed by atoms with Crippen LogP contribution in [-0.2, 0) is 11.3 Å². The summed E-state index contributed by atoms with van der Waals surface area (Å²) in [6.07, 6.45) is 1.62. The highest BCUT2D eigenvalue weighted by atomic mass is 79.9. The molecule has 0 aliphatic carbocycles. The van der Waals surface area contributed by atoms with Crippen molar-refractivity contribution in [3.63, 3.8) is 0 Å². The Labute approximate surface area is 145 Å². The van der Waals surface area contributed by atoms with Gasteiger partial charge in [0.15, 0.2) is 0 Å². The van der Waals surface area contributed by atoms with Crippen LogP contribution in [0, 0.1) is 6.92 Å². The zero-order valence-electron chi connectivity index (χ0n) is 12.7. The Morgan fingerprint density at radius 1 is 1.29 bits per heavy atom. The number of aryl methyl sites for hydroxylation is 1. The van der Waals surface area contributed by atoms with E-state index < -0.39 is 5.97 Å². The molecule has 0 saturated heterocycles. The fourth-order valence-corrected chi connectivity index (χ4v) is 2.57. The van der Waals surface area contributed by atoms with E-state index in [1.807, 2.05) is 0 Å². The van der Waals surface area contributed by atoms with Gasteiger partial charge in [0.2, 0.25) is 0 Å². The molecule has 0 aliphatic rings. The van der Waals surface area contributed by atoms with Gasteiger partial charge < -0.3 is 9.84 Å². The average molecular weight is 389 g/mol. The fraction of sp³-hybridized carbons (Fsp3) is 0.118. The number of halogens is 1. The first-order valence-electron chi connectivity index (χ1n) is 7.08. The number of pyridine rings is 1. The van der Waals surface area contributed by atoms with Crippen LogP contribution >= 0.6 is 15.9 Å². The molecule has 6 nitrogen and oxygen atoms in total. The Hall–Kier alpha value is -2.67. The number of aromatic hydroxyl groups is 1. The van der Waals surface area contributed by atoms with Gasteiger partial charge in [0.1, 0.15) is 23.6 Å². The largest absolute Gasteiger partial charge is 0.507 e. The zero-order chi connectivity index (χ0) is 17.3. The topological polar surface area (TPSA) is 80.9 Å². The first-order valence-corrected chi connectivity index (χ1v) is 7.88. The number of nitrogens with zero attached hydrogens (tertiary/aromatic N) is 2. The quantitative estimate of drug-likeness (QED) is 0.697.